The summed E-state index contributed by atoms with van der Waals surface area (Å²) in [5.74, 6) is 0.764. The Labute approximate surface area is 149 Å². The summed E-state index contributed by atoms with van der Waals surface area (Å²) in [5.41, 5.74) is 0.377. The van der Waals surface area contributed by atoms with Crippen molar-refractivity contribution in [2.45, 2.75) is 25.5 Å². The maximum absolute atomic E-state index is 12.3. The normalized spacial score (nSPS) is 17.0. The summed E-state index contributed by atoms with van der Waals surface area (Å²) in [6, 6.07) is 5.43. The lowest BCUT2D eigenvalue weighted by Crippen LogP contribution is -2.49. The number of hydrogen-bond donors (Lipinski definition) is 2. The molecule has 3 rings (SSSR count). The van der Waals surface area contributed by atoms with Gasteiger partial charge < -0.3 is 20.3 Å². The number of hydrogen-bond acceptors (Lipinski definition) is 5. The molecule has 2 amide bonds. The number of carbonyl (C=O) groups excluding carboxylic acids is 1. The van der Waals surface area contributed by atoms with Gasteiger partial charge in [-0.1, -0.05) is 6.07 Å². The first-order valence-electron chi connectivity index (χ1n) is 8.23. The van der Waals surface area contributed by atoms with Crippen molar-refractivity contribution in [1.82, 2.24) is 15.3 Å². The molecule has 2 heterocycles. The van der Waals surface area contributed by atoms with Crippen molar-refractivity contribution in [3.63, 3.8) is 0 Å². The van der Waals surface area contributed by atoms with Crippen molar-refractivity contribution in [1.29, 1.82) is 0 Å². The molecule has 9 heteroatoms. The number of nitrogens with one attached hydrogen (secondary N) is 2. The highest BCUT2D eigenvalue weighted by Crippen LogP contribution is 2.20. The van der Waals surface area contributed by atoms with Crippen LogP contribution < -0.4 is 20.3 Å². The molecule has 0 aliphatic carbocycles. The van der Waals surface area contributed by atoms with Crippen LogP contribution in [-0.4, -0.2) is 41.7 Å². The number of ether oxygens (including phenoxy) is 1. The lowest BCUT2D eigenvalue weighted by molar-refractivity contribution is -0.0497. The SMILES string of the molecule is O=C(Nc1cccc(OC(F)F)c1)NC1CCCN(c2cnccn2)C1. The highest BCUT2D eigenvalue weighted by atomic mass is 19.3. The van der Waals surface area contributed by atoms with Crippen LogP contribution in [0.2, 0.25) is 0 Å². The zero-order valence-electron chi connectivity index (χ0n) is 13.9. The van der Waals surface area contributed by atoms with Gasteiger partial charge in [-0.2, -0.15) is 8.78 Å². The van der Waals surface area contributed by atoms with Gasteiger partial charge in [0.15, 0.2) is 0 Å². The second-order valence-electron chi connectivity index (χ2n) is 5.85. The third-order valence-electron chi connectivity index (χ3n) is 3.95. The molecule has 1 atom stereocenters. The lowest BCUT2D eigenvalue weighted by Gasteiger charge is -2.33. The predicted molar refractivity (Wildman–Crippen MR) is 92.5 cm³/mol. The minimum atomic E-state index is -2.91. The average molecular weight is 363 g/mol. The van der Waals surface area contributed by atoms with E-state index in [4.69, 9.17) is 0 Å². The zero-order valence-corrected chi connectivity index (χ0v) is 13.9. The number of amides is 2. The van der Waals surface area contributed by atoms with Crippen LogP contribution in [0.25, 0.3) is 0 Å². The summed E-state index contributed by atoms with van der Waals surface area (Å²) in [7, 11) is 0. The van der Waals surface area contributed by atoms with Gasteiger partial charge in [0.05, 0.1) is 6.20 Å². The van der Waals surface area contributed by atoms with Crippen LogP contribution in [0.5, 0.6) is 5.75 Å². The van der Waals surface area contributed by atoms with E-state index in [0.717, 1.165) is 25.2 Å². The topological polar surface area (TPSA) is 79.4 Å². The van der Waals surface area contributed by atoms with E-state index in [2.05, 4.69) is 30.2 Å². The molecule has 0 radical (unpaired) electrons. The second-order valence-corrected chi connectivity index (χ2v) is 5.85. The Morgan fingerprint density at radius 1 is 1.35 bits per heavy atom. The summed E-state index contributed by atoms with van der Waals surface area (Å²) < 4.78 is 28.9. The van der Waals surface area contributed by atoms with Crippen molar-refractivity contribution in [3.05, 3.63) is 42.9 Å². The minimum absolute atomic E-state index is 0.00991. The van der Waals surface area contributed by atoms with Crippen LogP contribution in [0.3, 0.4) is 0 Å². The highest BCUT2D eigenvalue weighted by molar-refractivity contribution is 5.89. The number of aromatic nitrogens is 2. The summed E-state index contributed by atoms with van der Waals surface area (Å²) in [5, 5.41) is 5.53. The molecule has 1 unspecified atom stereocenters. The Bertz CT molecular complexity index is 732. The van der Waals surface area contributed by atoms with Crippen molar-refractivity contribution in [3.8, 4) is 5.75 Å². The fraction of sp³-hybridized carbons (Fsp3) is 0.353. The highest BCUT2D eigenvalue weighted by Gasteiger charge is 2.22. The molecule has 1 saturated heterocycles. The predicted octanol–water partition coefficient (Wildman–Crippen LogP) is 2.87. The maximum Gasteiger partial charge on any atom is 0.387 e. The van der Waals surface area contributed by atoms with Gasteiger partial charge in [0.1, 0.15) is 11.6 Å². The fourth-order valence-electron chi connectivity index (χ4n) is 2.86. The average Bonchev–Trinajstić information content (AvgIpc) is 2.62. The molecule has 2 aromatic rings. The van der Waals surface area contributed by atoms with Crippen molar-refractivity contribution in [2.24, 2.45) is 0 Å². The van der Waals surface area contributed by atoms with E-state index < -0.39 is 12.6 Å². The van der Waals surface area contributed by atoms with E-state index in [-0.39, 0.29) is 11.8 Å². The van der Waals surface area contributed by atoms with Gasteiger partial charge in [-0.25, -0.2) is 9.78 Å². The van der Waals surface area contributed by atoms with E-state index in [1.165, 1.54) is 18.2 Å². The summed E-state index contributed by atoms with van der Waals surface area (Å²) >= 11 is 0. The zero-order chi connectivity index (χ0) is 18.4. The molecule has 1 fully saturated rings. The Hall–Kier alpha value is -2.97. The minimum Gasteiger partial charge on any atom is -0.435 e. The van der Waals surface area contributed by atoms with Crippen LogP contribution in [0, 0.1) is 0 Å². The number of halogens is 2. The van der Waals surface area contributed by atoms with Crippen LogP contribution >= 0.6 is 0 Å². The smallest absolute Gasteiger partial charge is 0.387 e. The van der Waals surface area contributed by atoms with E-state index in [1.54, 1.807) is 24.7 Å². The number of nitrogens with zero attached hydrogens (tertiary/aromatic N) is 3. The molecule has 1 aliphatic rings. The van der Waals surface area contributed by atoms with Crippen molar-refractivity contribution in [2.75, 3.05) is 23.3 Å². The van der Waals surface area contributed by atoms with Gasteiger partial charge in [-0.05, 0) is 25.0 Å². The number of rotatable bonds is 5. The quantitative estimate of drug-likeness (QED) is 0.854. The van der Waals surface area contributed by atoms with Crippen molar-refractivity contribution < 1.29 is 18.3 Å². The third-order valence-corrected chi connectivity index (χ3v) is 3.95. The molecule has 1 aliphatic heterocycles. The number of carbonyl (C=O) groups is 1. The Kier molecular flexibility index (Phi) is 5.77. The van der Waals surface area contributed by atoms with E-state index in [9.17, 15) is 13.6 Å². The summed E-state index contributed by atoms with van der Waals surface area (Å²) in [6.45, 7) is -1.43. The molecular weight excluding hydrogens is 344 g/mol. The first-order chi connectivity index (χ1) is 12.6. The van der Waals surface area contributed by atoms with E-state index in [1.807, 2.05) is 0 Å². The number of benzene rings is 1. The largest absolute Gasteiger partial charge is 0.435 e. The second kappa shape index (κ2) is 8.41. The lowest BCUT2D eigenvalue weighted by atomic mass is 10.1. The molecule has 1 aromatic heterocycles. The first kappa shape index (κ1) is 17.8. The number of anilines is 2. The van der Waals surface area contributed by atoms with Gasteiger partial charge in [-0.15, -0.1) is 0 Å². The molecule has 138 valence electrons. The van der Waals surface area contributed by atoms with Crippen LogP contribution in [-0.2, 0) is 0 Å². The standard InChI is InChI=1S/C17H19F2N5O2/c18-16(19)26-14-5-1-3-12(9-14)22-17(25)23-13-4-2-8-24(11-13)15-10-20-6-7-21-15/h1,3,5-7,9-10,13,16H,2,4,8,11H2,(H2,22,23,25). The van der Waals surface area contributed by atoms with Crippen LogP contribution in [0.1, 0.15) is 12.8 Å². The number of piperidine rings is 1. The number of urea groups is 1. The van der Waals surface area contributed by atoms with Gasteiger partial charge >= 0.3 is 12.6 Å². The molecular formula is C17H19F2N5O2. The van der Waals surface area contributed by atoms with Gasteiger partial charge in [0.25, 0.3) is 0 Å². The molecule has 0 saturated carbocycles. The van der Waals surface area contributed by atoms with Gasteiger partial charge in [0, 0.05) is 43.3 Å². The van der Waals surface area contributed by atoms with Crippen molar-refractivity contribution >= 4 is 17.5 Å². The first-order valence-corrected chi connectivity index (χ1v) is 8.23. The maximum atomic E-state index is 12.3. The fourth-order valence-corrected chi connectivity index (χ4v) is 2.86. The summed E-state index contributed by atoms with van der Waals surface area (Å²) in [6.07, 6.45) is 6.70. The van der Waals surface area contributed by atoms with Crippen LogP contribution in [0.4, 0.5) is 25.1 Å². The monoisotopic (exact) mass is 363 g/mol. The molecule has 7 nitrogen and oxygen atoms in total. The summed E-state index contributed by atoms with van der Waals surface area (Å²) in [4.78, 5) is 22.6. The van der Waals surface area contributed by atoms with Gasteiger partial charge in [-0.3, -0.25) is 4.98 Å². The molecule has 0 bridgehead atoms. The molecule has 26 heavy (non-hydrogen) atoms. The van der Waals surface area contributed by atoms with E-state index >= 15 is 0 Å². The molecule has 0 spiro atoms. The van der Waals surface area contributed by atoms with Gasteiger partial charge in [0.2, 0.25) is 0 Å². The molecule has 2 N–H and O–H groups in total. The Balaban J connectivity index is 1.54. The van der Waals surface area contributed by atoms with Crippen LogP contribution in [0.15, 0.2) is 42.9 Å². The van der Waals surface area contributed by atoms with E-state index in [0.29, 0.717) is 12.2 Å². The Morgan fingerprint density at radius 3 is 3.00 bits per heavy atom. The Morgan fingerprint density at radius 2 is 2.23 bits per heavy atom. The number of alkyl halides is 2. The third kappa shape index (κ3) is 5.01. The molecule has 1 aromatic carbocycles.